The molecule has 0 spiro atoms. The lowest BCUT2D eigenvalue weighted by Gasteiger charge is -2.20. The summed E-state index contributed by atoms with van der Waals surface area (Å²) in [6.07, 6.45) is 10.2. The van der Waals surface area contributed by atoms with Crippen LogP contribution < -0.4 is 5.32 Å². The maximum Gasteiger partial charge on any atom is 0.146 e. The first-order valence-corrected chi connectivity index (χ1v) is 6.57. The Labute approximate surface area is 92.8 Å². The summed E-state index contributed by atoms with van der Waals surface area (Å²) in [4.78, 5) is 11.7. The van der Waals surface area contributed by atoms with E-state index in [1.54, 1.807) is 0 Å². The highest BCUT2D eigenvalue weighted by atomic mass is 16.1. The smallest absolute Gasteiger partial charge is 0.146 e. The average Bonchev–Trinajstić information content (AvgIpc) is 3.03. The quantitative estimate of drug-likeness (QED) is 0.728. The van der Waals surface area contributed by atoms with Crippen molar-refractivity contribution in [3.8, 4) is 0 Å². The van der Waals surface area contributed by atoms with Gasteiger partial charge in [0.05, 0.1) is 6.54 Å². The molecule has 2 nitrogen and oxygen atoms in total. The van der Waals surface area contributed by atoms with Crippen LogP contribution in [0.25, 0.3) is 0 Å². The van der Waals surface area contributed by atoms with Gasteiger partial charge in [0, 0.05) is 6.42 Å². The van der Waals surface area contributed by atoms with Crippen LogP contribution in [0.5, 0.6) is 0 Å². The zero-order chi connectivity index (χ0) is 10.5. The number of ketones is 1. The van der Waals surface area contributed by atoms with Gasteiger partial charge < -0.3 is 5.32 Å². The predicted molar refractivity (Wildman–Crippen MR) is 61.8 cm³/mol. The molecular formula is C13H23NO. The molecule has 86 valence electrons. The second-order valence-electron chi connectivity index (χ2n) is 5.32. The van der Waals surface area contributed by atoms with Gasteiger partial charge in [-0.3, -0.25) is 4.79 Å². The van der Waals surface area contributed by atoms with E-state index in [-0.39, 0.29) is 0 Å². The number of carbonyl (C=O) groups is 1. The van der Waals surface area contributed by atoms with Crippen molar-refractivity contribution in [2.24, 2.45) is 11.8 Å². The maximum absolute atomic E-state index is 11.7. The lowest BCUT2D eigenvalue weighted by atomic mass is 9.86. The van der Waals surface area contributed by atoms with Crippen LogP contribution in [-0.2, 0) is 4.79 Å². The van der Waals surface area contributed by atoms with E-state index in [9.17, 15) is 4.79 Å². The number of rotatable bonds is 6. The van der Waals surface area contributed by atoms with Gasteiger partial charge in [0.15, 0.2) is 0 Å². The van der Waals surface area contributed by atoms with Gasteiger partial charge in [-0.05, 0) is 31.2 Å². The lowest BCUT2D eigenvalue weighted by molar-refractivity contribution is -0.119. The highest BCUT2D eigenvalue weighted by Gasteiger charge is 2.21. The van der Waals surface area contributed by atoms with Crippen LogP contribution in [0.4, 0.5) is 0 Å². The van der Waals surface area contributed by atoms with Crippen LogP contribution >= 0.6 is 0 Å². The van der Waals surface area contributed by atoms with E-state index in [2.05, 4.69) is 5.32 Å². The van der Waals surface area contributed by atoms with Gasteiger partial charge in [-0.15, -0.1) is 0 Å². The molecule has 15 heavy (non-hydrogen) atoms. The van der Waals surface area contributed by atoms with Gasteiger partial charge in [-0.2, -0.15) is 0 Å². The van der Waals surface area contributed by atoms with Crippen molar-refractivity contribution in [1.82, 2.24) is 5.32 Å². The first-order chi connectivity index (χ1) is 7.34. The van der Waals surface area contributed by atoms with Gasteiger partial charge in [0.25, 0.3) is 0 Å². The van der Waals surface area contributed by atoms with E-state index < -0.39 is 0 Å². The van der Waals surface area contributed by atoms with Crippen molar-refractivity contribution in [2.75, 3.05) is 13.1 Å². The van der Waals surface area contributed by atoms with E-state index in [4.69, 9.17) is 0 Å². The van der Waals surface area contributed by atoms with Crippen LogP contribution in [-0.4, -0.2) is 18.9 Å². The van der Waals surface area contributed by atoms with Gasteiger partial charge in [-0.25, -0.2) is 0 Å². The molecule has 0 bridgehead atoms. The van der Waals surface area contributed by atoms with Crippen molar-refractivity contribution < 1.29 is 4.79 Å². The second kappa shape index (κ2) is 5.64. The fourth-order valence-electron chi connectivity index (χ4n) is 2.52. The van der Waals surface area contributed by atoms with E-state index in [0.717, 1.165) is 18.9 Å². The molecule has 2 rings (SSSR count). The SMILES string of the molecule is O=C(CNCC1CC1)CC1CCCCC1. The highest BCUT2D eigenvalue weighted by Crippen LogP contribution is 2.28. The summed E-state index contributed by atoms with van der Waals surface area (Å²) in [5, 5.41) is 3.29. The molecule has 0 amide bonds. The fourth-order valence-corrected chi connectivity index (χ4v) is 2.52. The first kappa shape index (κ1) is 11.1. The third-order valence-corrected chi connectivity index (χ3v) is 3.69. The highest BCUT2D eigenvalue weighted by molar-refractivity contribution is 5.80. The van der Waals surface area contributed by atoms with Crippen molar-refractivity contribution in [2.45, 2.75) is 51.4 Å². The fraction of sp³-hybridized carbons (Fsp3) is 0.923. The summed E-state index contributed by atoms with van der Waals surface area (Å²) >= 11 is 0. The zero-order valence-electron chi connectivity index (χ0n) is 9.63. The van der Waals surface area contributed by atoms with Crippen LogP contribution in [0.15, 0.2) is 0 Å². The molecule has 0 aromatic carbocycles. The molecule has 0 unspecified atom stereocenters. The summed E-state index contributed by atoms with van der Waals surface area (Å²) in [5.74, 6) is 2.02. The normalized spacial score (nSPS) is 22.9. The molecule has 0 aliphatic heterocycles. The van der Waals surface area contributed by atoms with Crippen LogP contribution in [0.1, 0.15) is 51.4 Å². The summed E-state index contributed by atoms with van der Waals surface area (Å²) in [6.45, 7) is 1.68. The van der Waals surface area contributed by atoms with Crippen molar-refractivity contribution in [3.63, 3.8) is 0 Å². The Morgan fingerprint density at radius 2 is 1.73 bits per heavy atom. The summed E-state index contributed by atoms with van der Waals surface area (Å²) in [5.41, 5.74) is 0. The van der Waals surface area contributed by atoms with Gasteiger partial charge in [0.2, 0.25) is 0 Å². The Morgan fingerprint density at radius 3 is 2.40 bits per heavy atom. The Hall–Kier alpha value is -0.370. The van der Waals surface area contributed by atoms with E-state index in [0.29, 0.717) is 18.2 Å². The summed E-state index contributed by atoms with van der Waals surface area (Å²) in [7, 11) is 0. The van der Waals surface area contributed by atoms with E-state index in [1.165, 1.54) is 44.9 Å². The van der Waals surface area contributed by atoms with Crippen molar-refractivity contribution in [1.29, 1.82) is 0 Å². The second-order valence-corrected chi connectivity index (χ2v) is 5.32. The van der Waals surface area contributed by atoms with Gasteiger partial charge in [0.1, 0.15) is 5.78 Å². The lowest BCUT2D eigenvalue weighted by Crippen LogP contribution is -2.26. The standard InChI is InChI=1S/C13H23NO/c15-13(10-14-9-12-6-7-12)8-11-4-2-1-3-5-11/h11-12,14H,1-10H2. The van der Waals surface area contributed by atoms with E-state index in [1.807, 2.05) is 0 Å². The van der Waals surface area contributed by atoms with Crippen LogP contribution in [0, 0.1) is 11.8 Å². The monoisotopic (exact) mass is 209 g/mol. The Kier molecular flexibility index (Phi) is 4.18. The van der Waals surface area contributed by atoms with E-state index >= 15 is 0 Å². The number of nitrogens with one attached hydrogen (secondary N) is 1. The Bertz CT molecular complexity index is 205. The molecule has 2 aliphatic carbocycles. The minimum absolute atomic E-state index is 0.433. The topological polar surface area (TPSA) is 29.1 Å². The molecule has 1 N–H and O–H groups in total. The molecule has 2 heteroatoms. The molecule has 0 atom stereocenters. The molecule has 0 aromatic rings. The van der Waals surface area contributed by atoms with Crippen molar-refractivity contribution >= 4 is 5.78 Å². The molecule has 2 fully saturated rings. The minimum Gasteiger partial charge on any atom is -0.310 e. The largest absolute Gasteiger partial charge is 0.310 e. The summed E-state index contributed by atoms with van der Waals surface area (Å²) < 4.78 is 0. The average molecular weight is 209 g/mol. The molecule has 0 radical (unpaired) electrons. The van der Waals surface area contributed by atoms with Gasteiger partial charge >= 0.3 is 0 Å². The van der Waals surface area contributed by atoms with Crippen LogP contribution in [0.2, 0.25) is 0 Å². The van der Waals surface area contributed by atoms with Crippen molar-refractivity contribution in [3.05, 3.63) is 0 Å². The molecular weight excluding hydrogens is 186 g/mol. The molecule has 2 saturated carbocycles. The van der Waals surface area contributed by atoms with Gasteiger partial charge in [-0.1, -0.05) is 32.1 Å². The van der Waals surface area contributed by atoms with Crippen LogP contribution in [0.3, 0.4) is 0 Å². The first-order valence-electron chi connectivity index (χ1n) is 6.57. The Morgan fingerprint density at radius 1 is 1.00 bits per heavy atom. The Balaban J connectivity index is 1.54. The molecule has 0 aromatic heterocycles. The molecule has 0 saturated heterocycles. The number of carbonyl (C=O) groups excluding carboxylic acids is 1. The number of Topliss-reactive ketones (excluding diaryl/α,β-unsaturated/α-hetero) is 1. The molecule has 0 heterocycles. The summed E-state index contributed by atoms with van der Waals surface area (Å²) in [6, 6.07) is 0. The molecule has 2 aliphatic rings. The minimum atomic E-state index is 0.433. The predicted octanol–water partition coefficient (Wildman–Crippen LogP) is 2.53. The third kappa shape index (κ3) is 4.33. The third-order valence-electron chi connectivity index (χ3n) is 3.69. The number of hydrogen-bond donors (Lipinski definition) is 1. The number of hydrogen-bond acceptors (Lipinski definition) is 2. The zero-order valence-corrected chi connectivity index (χ0v) is 9.63. The maximum atomic E-state index is 11.7.